The molecule has 1 aromatic rings. The summed E-state index contributed by atoms with van der Waals surface area (Å²) >= 11 is 0. The molecule has 114 valence electrons. The summed E-state index contributed by atoms with van der Waals surface area (Å²) in [5.74, 6) is -1.59. The average molecular weight is 294 g/mol. The molecule has 0 aromatic heterocycles. The topological polar surface area (TPSA) is 36.9 Å². The molecule has 0 spiro atoms. The molecule has 0 atom stereocenters. The van der Waals surface area contributed by atoms with Crippen molar-refractivity contribution in [2.45, 2.75) is 6.43 Å². The second-order valence-corrected chi connectivity index (χ2v) is 3.77. The van der Waals surface area contributed by atoms with Crippen LogP contribution in [-0.4, -0.2) is 40.6 Å². The quantitative estimate of drug-likeness (QED) is 0.656. The number of hydrogen-bond donors (Lipinski definition) is 0. The van der Waals surface area contributed by atoms with Gasteiger partial charge in [0.05, 0.1) is 18.8 Å². The van der Waals surface area contributed by atoms with Crippen LogP contribution in [0.4, 0.5) is 13.2 Å². The molecule has 0 aliphatic heterocycles. The fourth-order valence-electron chi connectivity index (χ4n) is 1.47. The molecule has 0 aliphatic carbocycles. The van der Waals surface area contributed by atoms with E-state index in [0.717, 1.165) is 0 Å². The Bertz CT molecular complexity index is 413. The summed E-state index contributed by atoms with van der Waals surface area (Å²) in [5.41, 5.74) is -0.809. The van der Waals surface area contributed by atoms with Crippen LogP contribution in [0.1, 0.15) is 12.0 Å². The Kier molecular flexibility index (Phi) is 7.17. The van der Waals surface area contributed by atoms with Crippen molar-refractivity contribution in [1.82, 2.24) is 0 Å². The summed E-state index contributed by atoms with van der Waals surface area (Å²) in [6, 6.07) is 2.50. The summed E-state index contributed by atoms with van der Waals surface area (Å²) in [5, 5.41) is 0. The molecular weight excluding hydrogens is 277 g/mol. The lowest BCUT2D eigenvalue weighted by molar-refractivity contribution is 0.122. The van der Waals surface area contributed by atoms with Gasteiger partial charge in [0, 0.05) is 14.2 Å². The molecule has 0 heterocycles. The van der Waals surface area contributed by atoms with Gasteiger partial charge in [-0.1, -0.05) is 0 Å². The van der Waals surface area contributed by atoms with Crippen LogP contribution in [-0.2, 0) is 9.47 Å². The number of ether oxygens (including phenoxy) is 4. The van der Waals surface area contributed by atoms with Gasteiger partial charge in [-0.05, 0) is 12.1 Å². The first kappa shape index (κ1) is 16.6. The van der Waals surface area contributed by atoms with Gasteiger partial charge in [0.25, 0.3) is 6.43 Å². The van der Waals surface area contributed by atoms with Crippen molar-refractivity contribution in [2.75, 3.05) is 40.6 Å². The molecule has 0 amide bonds. The summed E-state index contributed by atoms with van der Waals surface area (Å²) < 4.78 is 59.4. The second-order valence-electron chi connectivity index (χ2n) is 3.77. The SMILES string of the molecule is COCCOc1ccc(OCCOC)c(C(F)F)c1F. The van der Waals surface area contributed by atoms with Gasteiger partial charge in [-0.2, -0.15) is 0 Å². The van der Waals surface area contributed by atoms with E-state index in [-0.39, 0.29) is 37.9 Å². The molecule has 0 aliphatic rings. The van der Waals surface area contributed by atoms with Gasteiger partial charge >= 0.3 is 0 Å². The molecule has 0 saturated carbocycles. The van der Waals surface area contributed by atoms with Gasteiger partial charge in [-0.3, -0.25) is 0 Å². The highest BCUT2D eigenvalue weighted by molar-refractivity contribution is 5.42. The van der Waals surface area contributed by atoms with Gasteiger partial charge < -0.3 is 18.9 Å². The summed E-state index contributed by atoms with van der Waals surface area (Å²) in [6.45, 7) is 0.575. The number of halogens is 3. The fourth-order valence-corrected chi connectivity index (χ4v) is 1.47. The average Bonchev–Trinajstić information content (AvgIpc) is 2.41. The van der Waals surface area contributed by atoms with Crippen LogP contribution in [0.25, 0.3) is 0 Å². The maximum absolute atomic E-state index is 14.0. The first-order valence-electron chi connectivity index (χ1n) is 5.95. The summed E-state index contributed by atoms with van der Waals surface area (Å²) in [4.78, 5) is 0. The van der Waals surface area contributed by atoms with Crippen LogP contribution < -0.4 is 9.47 Å². The number of alkyl halides is 2. The van der Waals surface area contributed by atoms with Gasteiger partial charge in [-0.25, -0.2) is 13.2 Å². The van der Waals surface area contributed by atoms with Gasteiger partial charge in [0.1, 0.15) is 19.0 Å². The number of hydrogen-bond acceptors (Lipinski definition) is 4. The van der Waals surface area contributed by atoms with Crippen molar-refractivity contribution in [3.8, 4) is 11.5 Å². The third-order valence-electron chi connectivity index (χ3n) is 2.41. The molecule has 0 saturated heterocycles. The number of methoxy groups -OCH3 is 2. The van der Waals surface area contributed by atoms with Crippen LogP contribution >= 0.6 is 0 Å². The highest BCUT2D eigenvalue weighted by atomic mass is 19.3. The third-order valence-corrected chi connectivity index (χ3v) is 2.41. The fraction of sp³-hybridized carbons (Fsp3) is 0.538. The molecule has 0 unspecified atom stereocenters. The standard InChI is InChI=1S/C13H17F3O4/c1-17-5-7-19-9-3-4-10(20-8-6-18-2)12(14)11(9)13(15)16/h3-4,13H,5-8H2,1-2H3. The molecule has 0 radical (unpaired) electrons. The van der Waals surface area contributed by atoms with Crippen molar-refractivity contribution in [2.24, 2.45) is 0 Å². The zero-order chi connectivity index (χ0) is 15.0. The van der Waals surface area contributed by atoms with Crippen LogP contribution in [0.15, 0.2) is 12.1 Å². The molecule has 4 nitrogen and oxygen atoms in total. The molecule has 0 fully saturated rings. The molecular formula is C13H17F3O4. The van der Waals surface area contributed by atoms with E-state index in [1.54, 1.807) is 0 Å². The lowest BCUT2D eigenvalue weighted by Gasteiger charge is -2.14. The van der Waals surface area contributed by atoms with Crippen molar-refractivity contribution in [1.29, 1.82) is 0 Å². The first-order valence-corrected chi connectivity index (χ1v) is 5.95. The van der Waals surface area contributed by atoms with Crippen LogP contribution in [0.2, 0.25) is 0 Å². The Hall–Kier alpha value is -1.47. The lowest BCUT2D eigenvalue weighted by Crippen LogP contribution is -2.10. The Labute approximate surface area is 115 Å². The number of rotatable bonds is 9. The largest absolute Gasteiger partial charge is 0.491 e. The molecule has 20 heavy (non-hydrogen) atoms. The zero-order valence-corrected chi connectivity index (χ0v) is 11.3. The van der Waals surface area contributed by atoms with E-state index in [1.165, 1.54) is 26.4 Å². The van der Waals surface area contributed by atoms with Crippen LogP contribution in [0, 0.1) is 5.82 Å². The van der Waals surface area contributed by atoms with E-state index >= 15 is 0 Å². The lowest BCUT2D eigenvalue weighted by atomic mass is 10.2. The maximum Gasteiger partial charge on any atom is 0.270 e. The van der Waals surface area contributed by atoms with Crippen LogP contribution in [0.5, 0.6) is 11.5 Å². The van der Waals surface area contributed by atoms with Gasteiger partial charge in [0.2, 0.25) is 0 Å². The minimum Gasteiger partial charge on any atom is -0.491 e. The normalized spacial score (nSPS) is 10.9. The monoisotopic (exact) mass is 294 g/mol. The van der Waals surface area contributed by atoms with Crippen molar-refractivity contribution in [3.05, 3.63) is 23.5 Å². The highest BCUT2D eigenvalue weighted by Gasteiger charge is 2.23. The van der Waals surface area contributed by atoms with E-state index in [2.05, 4.69) is 0 Å². The zero-order valence-electron chi connectivity index (χ0n) is 11.3. The van der Waals surface area contributed by atoms with E-state index in [9.17, 15) is 13.2 Å². The first-order chi connectivity index (χ1) is 9.61. The smallest absolute Gasteiger partial charge is 0.270 e. The highest BCUT2D eigenvalue weighted by Crippen LogP contribution is 2.36. The Morgan fingerprint density at radius 1 is 0.900 bits per heavy atom. The second kappa shape index (κ2) is 8.65. The Morgan fingerprint density at radius 2 is 1.40 bits per heavy atom. The minimum absolute atomic E-state index is 0.0551. The van der Waals surface area contributed by atoms with Gasteiger partial charge in [-0.15, -0.1) is 0 Å². The maximum atomic E-state index is 14.0. The molecule has 1 rings (SSSR count). The van der Waals surface area contributed by atoms with E-state index in [1.807, 2.05) is 0 Å². The minimum atomic E-state index is -3.00. The van der Waals surface area contributed by atoms with Crippen LogP contribution in [0.3, 0.4) is 0 Å². The van der Waals surface area contributed by atoms with Gasteiger partial charge in [0.15, 0.2) is 11.6 Å². The predicted octanol–water partition coefficient (Wildman–Crippen LogP) is 2.81. The molecule has 7 heteroatoms. The van der Waals surface area contributed by atoms with E-state index < -0.39 is 17.8 Å². The van der Waals surface area contributed by atoms with E-state index in [4.69, 9.17) is 18.9 Å². The van der Waals surface area contributed by atoms with Crippen molar-refractivity contribution in [3.63, 3.8) is 0 Å². The van der Waals surface area contributed by atoms with E-state index in [0.29, 0.717) is 0 Å². The molecule has 0 N–H and O–H groups in total. The third kappa shape index (κ3) is 4.57. The molecule has 0 bridgehead atoms. The predicted molar refractivity (Wildman–Crippen MR) is 66.1 cm³/mol. The number of benzene rings is 1. The Balaban J connectivity index is 2.88. The summed E-state index contributed by atoms with van der Waals surface area (Å²) in [6.07, 6.45) is -3.00. The Morgan fingerprint density at radius 3 is 1.90 bits per heavy atom. The van der Waals surface area contributed by atoms with Crippen molar-refractivity contribution < 1.29 is 32.1 Å². The molecule has 1 aromatic carbocycles. The van der Waals surface area contributed by atoms with Crippen molar-refractivity contribution >= 4 is 0 Å². The summed E-state index contributed by atoms with van der Waals surface area (Å²) in [7, 11) is 2.90.